The Kier molecular flexibility index (Phi) is 5.11. The summed E-state index contributed by atoms with van der Waals surface area (Å²) in [7, 11) is 0. The summed E-state index contributed by atoms with van der Waals surface area (Å²) in [4.78, 5) is 33.2. The highest BCUT2D eigenvalue weighted by Gasteiger charge is 2.30. The second kappa shape index (κ2) is 7.94. The number of hydrogen-bond acceptors (Lipinski definition) is 4. The topological polar surface area (TPSA) is 77.7 Å². The lowest BCUT2D eigenvalue weighted by Gasteiger charge is -2.32. The van der Waals surface area contributed by atoms with Crippen molar-refractivity contribution in [3.63, 3.8) is 0 Å². The van der Waals surface area contributed by atoms with Crippen LogP contribution in [0, 0.1) is 12.7 Å². The fourth-order valence-electron chi connectivity index (χ4n) is 4.56. The second-order valence-electron chi connectivity index (χ2n) is 8.22. The summed E-state index contributed by atoms with van der Waals surface area (Å²) in [5, 5.41) is 2.76. The van der Waals surface area contributed by atoms with Crippen LogP contribution in [0.5, 0.6) is 0 Å². The number of benzene rings is 1. The minimum Gasteiger partial charge on any atom is -0.379 e. The Hall–Kier alpha value is -2.97. The minimum absolute atomic E-state index is 0.0234. The maximum atomic E-state index is 13.7. The van der Waals surface area contributed by atoms with Crippen molar-refractivity contribution in [2.75, 3.05) is 51.3 Å². The number of aromatic nitrogens is 1. The number of H-pyrrole nitrogens is 1. The molecule has 1 fully saturated rings. The number of nitrogens with zero attached hydrogens (tertiary/aromatic N) is 2. The number of carbonyl (C=O) groups is 2. The summed E-state index contributed by atoms with van der Waals surface area (Å²) in [6.45, 7) is 7.38. The highest BCUT2D eigenvalue weighted by atomic mass is 19.1. The molecule has 31 heavy (non-hydrogen) atoms. The number of rotatable bonds is 4. The molecule has 8 heteroatoms. The molecule has 1 aromatic carbocycles. The van der Waals surface area contributed by atoms with Gasteiger partial charge in [-0.1, -0.05) is 0 Å². The Morgan fingerprint density at radius 1 is 1.16 bits per heavy atom. The molecule has 1 saturated heterocycles. The van der Waals surface area contributed by atoms with Gasteiger partial charge in [-0.25, -0.2) is 4.39 Å². The van der Waals surface area contributed by atoms with Gasteiger partial charge in [0.25, 0.3) is 11.8 Å². The van der Waals surface area contributed by atoms with E-state index in [1.54, 1.807) is 12.1 Å². The van der Waals surface area contributed by atoms with E-state index in [2.05, 4.69) is 15.2 Å². The zero-order valence-corrected chi connectivity index (χ0v) is 17.5. The fourth-order valence-corrected chi connectivity index (χ4v) is 4.56. The first-order valence-corrected chi connectivity index (χ1v) is 10.6. The van der Waals surface area contributed by atoms with Gasteiger partial charge in [0.2, 0.25) is 0 Å². The summed E-state index contributed by atoms with van der Waals surface area (Å²) in [6, 6.07) is 4.24. The van der Waals surface area contributed by atoms with E-state index >= 15 is 0 Å². The van der Waals surface area contributed by atoms with Gasteiger partial charge < -0.3 is 19.9 Å². The smallest absolute Gasteiger partial charge is 0.256 e. The van der Waals surface area contributed by atoms with Crippen molar-refractivity contribution in [3.05, 3.63) is 52.1 Å². The third kappa shape index (κ3) is 3.66. The molecule has 2 amide bonds. The predicted molar refractivity (Wildman–Crippen MR) is 115 cm³/mol. The number of hydrogen-bond donors (Lipinski definition) is 2. The number of anilines is 1. The van der Waals surface area contributed by atoms with Crippen LogP contribution >= 0.6 is 0 Å². The highest BCUT2D eigenvalue weighted by Crippen LogP contribution is 2.35. The van der Waals surface area contributed by atoms with Crippen LogP contribution < -0.4 is 5.32 Å². The van der Waals surface area contributed by atoms with Crippen molar-refractivity contribution < 1.29 is 18.7 Å². The van der Waals surface area contributed by atoms with E-state index in [0.29, 0.717) is 35.5 Å². The van der Waals surface area contributed by atoms with Crippen LogP contribution in [-0.4, -0.2) is 72.5 Å². The van der Waals surface area contributed by atoms with Crippen LogP contribution in [0.2, 0.25) is 0 Å². The van der Waals surface area contributed by atoms with Crippen LogP contribution in [0.1, 0.15) is 32.9 Å². The first-order chi connectivity index (χ1) is 15.0. The van der Waals surface area contributed by atoms with Gasteiger partial charge in [0, 0.05) is 61.8 Å². The zero-order valence-electron chi connectivity index (χ0n) is 17.5. The first-order valence-electron chi connectivity index (χ1n) is 10.6. The van der Waals surface area contributed by atoms with Crippen molar-refractivity contribution in [3.8, 4) is 0 Å². The lowest BCUT2D eigenvalue weighted by molar-refractivity contribution is -0.110. The molecule has 0 radical (unpaired) electrons. The van der Waals surface area contributed by atoms with E-state index in [1.165, 1.54) is 12.1 Å². The molecule has 3 aliphatic rings. The van der Waals surface area contributed by atoms with Crippen LogP contribution in [0.15, 0.2) is 18.2 Å². The molecule has 0 spiro atoms. The van der Waals surface area contributed by atoms with Crippen molar-refractivity contribution in [1.29, 1.82) is 0 Å². The van der Waals surface area contributed by atoms with Crippen molar-refractivity contribution in [2.45, 2.75) is 13.3 Å². The Labute approximate surface area is 179 Å². The number of carbonyl (C=O) groups excluding carboxylic acids is 2. The van der Waals surface area contributed by atoms with E-state index in [0.717, 1.165) is 56.2 Å². The first kappa shape index (κ1) is 20.0. The Morgan fingerprint density at radius 2 is 1.97 bits per heavy atom. The average Bonchev–Trinajstić information content (AvgIpc) is 3.25. The summed E-state index contributed by atoms with van der Waals surface area (Å²) in [6.07, 6.45) is 2.46. The lowest BCUT2D eigenvalue weighted by atomic mass is 10.0. The maximum Gasteiger partial charge on any atom is 0.256 e. The van der Waals surface area contributed by atoms with Gasteiger partial charge in [-0.05, 0) is 36.8 Å². The van der Waals surface area contributed by atoms with Gasteiger partial charge in [-0.15, -0.1) is 0 Å². The molecule has 0 aliphatic carbocycles. The molecule has 4 heterocycles. The molecule has 1 aromatic heterocycles. The third-order valence-electron chi connectivity index (χ3n) is 6.34. The van der Waals surface area contributed by atoms with E-state index < -0.39 is 5.82 Å². The SMILES string of the molecule is Cc1c(/C=C2\C(=O)Nc3ccc(F)cc32)[nH]c2c1C(=O)N(CCN1CCOCC1)CC2. The van der Waals surface area contributed by atoms with Gasteiger partial charge in [0.1, 0.15) is 5.82 Å². The number of amides is 2. The summed E-state index contributed by atoms with van der Waals surface area (Å²) >= 11 is 0. The van der Waals surface area contributed by atoms with Gasteiger partial charge >= 0.3 is 0 Å². The van der Waals surface area contributed by atoms with Crippen molar-refractivity contribution in [2.24, 2.45) is 0 Å². The van der Waals surface area contributed by atoms with Crippen molar-refractivity contribution in [1.82, 2.24) is 14.8 Å². The molecule has 2 N–H and O–H groups in total. The molecule has 2 aromatic rings. The number of nitrogens with one attached hydrogen (secondary N) is 2. The zero-order chi connectivity index (χ0) is 21.5. The summed E-state index contributed by atoms with van der Waals surface area (Å²) in [5.74, 6) is -0.643. The van der Waals surface area contributed by atoms with E-state index in [4.69, 9.17) is 4.74 Å². The van der Waals surface area contributed by atoms with Gasteiger partial charge in [-0.3, -0.25) is 14.5 Å². The normalized spacial score (nSPS) is 20.2. The quantitative estimate of drug-likeness (QED) is 0.739. The second-order valence-corrected chi connectivity index (χ2v) is 8.22. The third-order valence-corrected chi connectivity index (χ3v) is 6.34. The lowest BCUT2D eigenvalue weighted by Crippen LogP contribution is -2.45. The van der Waals surface area contributed by atoms with Gasteiger partial charge in [-0.2, -0.15) is 0 Å². The van der Waals surface area contributed by atoms with Crippen LogP contribution in [0.3, 0.4) is 0 Å². The molecule has 0 unspecified atom stereocenters. The molecular formula is C23H25FN4O3. The number of morpholine rings is 1. The van der Waals surface area contributed by atoms with E-state index in [1.807, 2.05) is 11.8 Å². The van der Waals surface area contributed by atoms with E-state index in [-0.39, 0.29) is 11.8 Å². The molecule has 0 saturated carbocycles. The van der Waals surface area contributed by atoms with Gasteiger partial charge in [0.05, 0.1) is 24.4 Å². The summed E-state index contributed by atoms with van der Waals surface area (Å²) in [5.41, 5.74) is 4.66. The Bertz CT molecular complexity index is 1080. The van der Waals surface area contributed by atoms with E-state index in [9.17, 15) is 14.0 Å². The summed E-state index contributed by atoms with van der Waals surface area (Å²) < 4.78 is 19.1. The number of fused-ring (bicyclic) bond motifs is 2. The molecule has 162 valence electrons. The minimum atomic E-state index is -0.394. The molecule has 5 rings (SSSR count). The van der Waals surface area contributed by atoms with Crippen LogP contribution in [0.4, 0.5) is 10.1 Å². The average molecular weight is 424 g/mol. The number of aromatic amines is 1. The highest BCUT2D eigenvalue weighted by molar-refractivity contribution is 6.34. The molecule has 0 bridgehead atoms. The molecule has 0 atom stereocenters. The van der Waals surface area contributed by atoms with Crippen molar-refractivity contribution >= 4 is 29.2 Å². The number of ether oxygens (including phenoxy) is 1. The van der Waals surface area contributed by atoms with Crippen LogP contribution in [-0.2, 0) is 16.0 Å². The largest absolute Gasteiger partial charge is 0.379 e. The predicted octanol–water partition coefficient (Wildman–Crippen LogP) is 2.29. The number of halogens is 1. The fraction of sp³-hybridized carbons (Fsp3) is 0.391. The maximum absolute atomic E-state index is 13.7. The molecule has 3 aliphatic heterocycles. The van der Waals surface area contributed by atoms with Gasteiger partial charge in [0.15, 0.2) is 0 Å². The van der Waals surface area contributed by atoms with Crippen LogP contribution in [0.25, 0.3) is 11.6 Å². The standard InChI is InChI=1S/C23H25FN4O3/c1-14-20(13-17-16-12-15(24)2-3-18(16)26-22(17)29)25-19-4-5-28(23(30)21(14)19)7-6-27-8-10-31-11-9-27/h2-3,12-13,25H,4-11H2,1H3,(H,26,29)/b17-13-. The molecular weight excluding hydrogens is 399 g/mol. The Balaban J connectivity index is 1.39. The monoisotopic (exact) mass is 424 g/mol. The molecule has 7 nitrogen and oxygen atoms in total. The Morgan fingerprint density at radius 3 is 2.77 bits per heavy atom.